The van der Waals surface area contributed by atoms with Gasteiger partial charge in [0.15, 0.2) is 0 Å². The van der Waals surface area contributed by atoms with Crippen molar-refractivity contribution in [1.29, 1.82) is 0 Å². The lowest BCUT2D eigenvalue weighted by Gasteiger charge is -2.17. The minimum absolute atomic E-state index is 0.435. The molecule has 0 fully saturated rings. The van der Waals surface area contributed by atoms with Crippen molar-refractivity contribution in [2.24, 2.45) is 0 Å². The topological polar surface area (TPSA) is 12.0 Å². The molecule has 0 aliphatic rings. The Balaban J connectivity index is 2.58. The Kier molecular flexibility index (Phi) is 6.73. The van der Waals surface area contributed by atoms with Crippen LogP contribution in [0.4, 0.5) is 0 Å². The van der Waals surface area contributed by atoms with Gasteiger partial charge in [0.25, 0.3) is 0 Å². The van der Waals surface area contributed by atoms with Crippen molar-refractivity contribution in [3.8, 4) is 0 Å². The van der Waals surface area contributed by atoms with Gasteiger partial charge < -0.3 is 5.32 Å². The molecule has 1 atom stereocenters. The van der Waals surface area contributed by atoms with Crippen LogP contribution in [0.3, 0.4) is 0 Å². The number of halogens is 1. The summed E-state index contributed by atoms with van der Waals surface area (Å²) in [6.45, 7) is 3.25. The molecule has 1 aromatic rings. The van der Waals surface area contributed by atoms with Gasteiger partial charge in [-0.3, -0.25) is 0 Å². The van der Waals surface area contributed by atoms with Crippen molar-refractivity contribution in [1.82, 2.24) is 5.32 Å². The zero-order valence-electron chi connectivity index (χ0n) is 9.25. The van der Waals surface area contributed by atoms with Crippen LogP contribution in [0.2, 0.25) is 5.02 Å². The molecule has 86 valence electrons. The molecule has 4 heteroatoms. The van der Waals surface area contributed by atoms with E-state index < -0.39 is 0 Å². The van der Waals surface area contributed by atoms with E-state index in [0.717, 1.165) is 18.0 Å². The Bertz CT molecular complexity index is 267. The largest absolute Gasteiger partial charge is 0.309 e. The summed E-state index contributed by atoms with van der Waals surface area (Å²) in [6, 6.07) is 2.42. The average molecular weight is 264 g/mol. The first-order chi connectivity index (χ1) is 7.29. The molecule has 0 aromatic carbocycles. The van der Waals surface area contributed by atoms with E-state index in [1.165, 1.54) is 17.1 Å². The molecular weight excluding hydrogens is 246 g/mol. The number of nitrogens with one attached hydrogen (secondary N) is 1. The van der Waals surface area contributed by atoms with Crippen molar-refractivity contribution >= 4 is 34.7 Å². The molecule has 0 aliphatic heterocycles. The number of hydrogen-bond donors (Lipinski definition) is 1. The molecule has 0 spiro atoms. The predicted molar refractivity (Wildman–Crippen MR) is 73.4 cm³/mol. The molecular formula is C11H18ClNS2. The van der Waals surface area contributed by atoms with E-state index in [2.05, 4.69) is 23.9 Å². The zero-order valence-corrected chi connectivity index (χ0v) is 11.6. The van der Waals surface area contributed by atoms with Gasteiger partial charge >= 0.3 is 0 Å². The van der Waals surface area contributed by atoms with Gasteiger partial charge in [0.05, 0.1) is 5.02 Å². The minimum atomic E-state index is 0.435. The van der Waals surface area contributed by atoms with E-state index in [9.17, 15) is 0 Å². The lowest BCUT2D eigenvalue weighted by molar-refractivity contribution is 0.529. The molecule has 1 nitrogen and oxygen atoms in total. The Morgan fingerprint density at radius 3 is 2.93 bits per heavy atom. The molecule has 1 N–H and O–H groups in total. The van der Waals surface area contributed by atoms with E-state index in [0.29, 0.717) is 6.04 Å². The monoisotopic (exact) mass is 263 g/mol. The van der Waals surface area contributed by atoms with Gasteiger partial charge in [-0.05, 0) is 42.8 Å². The normalized spacial score (nSPS) is 13.0. The van der Waals surface area contributed by atoms with Crippen molar-refractivity contribution in [3.05, 3.63) is 21.3 Å². The first-order valence-corrected chi connectivity index (χ1v) is 7.90. The molecule has 0 saturated heterocycles. The summed E-state index contributed by atoms with van der Waals surface area (Å²) in [6.07, 6.45) is 4.47. The maximum Gasteiger partial charge on any atom is 0.0561 e. The maximum absolute atomic E-state index is 6.16. The van der Waals surface area contributed by atoms with Crippen molar-refractivity contribution in [2.45, 2.75) is 25.8 Å². The first kappa shape index (κ1) is 13.4. The lowest BCUT2D eigenvalue weighted by Crippen LogP contribution is -2.22. The van der Waals surface area contributed by atoms with E-state index >= 15 is 0 Å². The Hall–Kier alpha value is 0.300. The number of rotatable bonds is 7. The molecule has 0 saturated carbocycles. The quantitative estimate of drug-likeness (QED) is 0.792. The van der Waals surface area contributed by atoms with Crippen LogP contribution < -0.4 is 5.32 Å². The maximum atomic E-state index is 6.16. The van der Waals surface area contributed by atoms with E-state index in [1.54, 1.807) is 11.3 Å². The van der Waals surface area contributed by atoms with Gasteiger partial charge in [0.1, 0.15) is 0 Å². The molecule has 1 rings (SSSR count). The van der Waals surface area contributed by atoms with Crippen LogP contribution in [0.5, 0.6) is 0 Å². The van der Waals surface area contributed by atoms with E-state index in [1.807, 2.05) is 17.8 Å². The Labute approximate surface area is 106 Å². The van der Waals surface area contributed by atoms with Crippen LogP contribution >= 0.6 is 34.7 Å². The lowest BCUT2D eigenvalue weighted by atomic mass is 10.2. The summed E-state index contributed by atoms with van der Waals surface area (Å²) in [7, 11) is 0. The second-order valence-corrected chi connectivity index (χ2v) is 5.76. The fourth-order valence-electron chi connectivity index (χ4n) is 1.43. The SMILES string of the molecule is CCCNC(CCSC)c1sccc1Cl. The highest BCUT2D eigenvalue weighted by Crippen LogP contribution is 2.31. The fraction of sp³-hybridized carbons (Fsp3) is 0.636. The third-order valence-corrected chi connectivity index (χ3v) is 4.33. The van der Waals surface area contributed by atoms with Crippen LogP contribution in [0, 0.1) is 0 Å². The molecule has 0 radical (unpaired) electrons. The smallest absolute Gasteiger partial charge is 0.0561 e. The second kappa shape index (κ2) is 7.55. The van der Waals surface area contributed by atoms with Crippen molar-refractivity contribution in [2.75, 3.05) is 18.6 Å². The van der Waals surface area contributed by atoms with Crippen molar-refractivity contribution < 1.29 is 0 Å². The Morgan fingerprint density at radius 2 is 2.40 bits per heavy atom. The molecule has 1 unspecified atom stereocenters. The third kappa shape index (κ3) is 4.35. The standard InChI is InChI=1S/C11H18ClNS2/c1-3-6-13-10(5-7-14-2)11-9(12)4-8-15-11/h4,8,10,13H,3,5-7H2,1-2H3. The van der Waals surface area contributed by atoms with Crippen LogP contribution in [0.25, 0.3) is 0 Å². The average Bonchev–Trinajstić information content (AvgIpc) is 2.65. The molecule has 0 bridgehead atoms. The molecule has 1 heterocycles. The predicted octanol–water partition coefficient (Wildman–Crippen LogP) is 4.20. The third-order valence-electron chi connectivity index (χ3n) is 2.21. The second-order valence-electron chi connectivity index (χ2n) is 3.42. The minimum Gasteiger partial charge on any atom is -0.309 e. The van der Waals surface area contributed by atoms with E-state index in [-0.39, 0.29) is 0 Å². The molecule has 0 amide bonds. The highest BCUT2D eigenvalue weighted by atomic mass is 35.5. The first-order valence-electron chi connectivity index (χ1n) is 5.24. The summed E-state index contributed by atoms with van der Waals surface area (Å²) >= 11 is 9.80. The molecule has 0 aliphatic carbocycles. The van der Waals surface area contributed by atoms with Gasteiger partial charge in [-0.2, -0.15) is 11.8 Å². The molecule has 15 heavy (non-hydrogen) atoms. The summed E-state index contributed by atoms with van der Waals surface area (Å²) in [4.78, 5) is 1.29. The van der Waals surface area contributed by atoms with Crippen molar-refractivity contribution in [3.63, 3.8) is 0 Å². The number of thiophene rings is 1. The van der Waals surface area contributed by atoms with E-state index in [4.69, 9.17) is 11.6 Å². The summed E-state index contributed by atoms with van der Waals surface area (Å²) in [5, 5.41) is 6.54. The van der Waals surface area contributed by atoms with Gasteiger partial charge in [0, 0.05) is 10.9 Å². The highest BCUT2D eigenvalue weighted by Gasteiger charge is 2.14. The Morgan fingerprint density at radius 1 is 1.60 bits per heavy atom. The molecule has 1 aromatic heterocycles. The van der Waals surface area contributed by atoms with Gasteiger partial charge in [-0.25, -0.2) is 0 Å². The van der Waals surface area contributed by atoms with Crippen LogP contribution in [-0.2, 0) is 0 Å². The summed E-state index contributed by atoms with van der Waals surface area (Å²) in [5.41, 5.74) is 0. The summed E-state index contributed by atoms with van der Waals surface area (Å²) in [5.74, 6) is 1.18. The van der Waals surface area contributed by atoms with Gasteiger partial charge in [-0.1, -0.05) is 18.5 Å². The summed E-state index contributed by atoms with van der Waals surface area (Å²) < 4.78 is 0. The number of thioether (sulfide) groups is 1. The van der Waals surface area contributed by atoms with Gasteiger partial charge in [0.2, 0.25) is 0 Å². The van der Waals surface area contributed by atoms with Gasteiger partial charge in [-0.15, -0.1) is 11.3 Å². The van der Waals surface area contributed by atoms with Crippen LogP contribution in [0.15, 0.2) is 11.4 Å². The number of hydrogen-bond acceptors (Lipinski definition) is 3. The van der Waals surface area contributed by atoms with Crippen LogP contribution in [0.1, 0.15) is 30.7 Å². The van der Waals surface area contributed by atoms with Crippen LogP contribution in [-0.4, -0.2) is 18.6 Å². The fourth-order valence-corrected chi connectivity index (χ4v) is 3.21. The zero-order chi connectivity index (χ0) is 11.1. The highest BCUT2D eigenvalue weighted by molar-refractivity contribution is 7.98.